The number of carbonyl (C=O) groups excluding carboxylic acids is 1. The third-order valence-corrected chi connectivity index (χ3v) is 6.14. The zero-order chi connectivity index (χ0) is 24.8. The maximum absolute atomic E-state index is 13.3. The van der Waals surface area contributed by atoms with Gasteiger partial charge in [-0.15, -0.1) is 0 Å². The summed E-state index contributed by atoms with van der Waals surface area (Å²) in [7, 11) is 3.12. The quantitative estimate of drug-likeness (QED) is 0.175. The predicted octanol–water partition coefficient (Wildman–Crippen LogP) is 3.95. The SMILES string of the molecule is COc1ccc(/C=N\NC(=O)CSc2nc3ccccc3c(=O)n2-c2ccc(C)cc2)c(OC)c1. The topological polar surface area (TPSA) is 94.8 Å². The van der Waals surface area contributed by atoms with Gasteiger partial charge in [0.1, 0.15) is 11.5 Å². The molecular weight excluding hydrogens is 464 g/mol. The molecule has 9 heteroatoms. The summed E-state index contributed by atoms with van der Waals surface area (Å²) in [4.78, 5) is 30.4. The van der Waals surface area contributed by atoms with Crippen molar-refractivity contribution in [1.29, 1.82) is 0 Å². The molecule has 0 saturated carbocycles. The molecule has 8 nitrogen and oxygen atoms in total. The summed E-state index contributed by atoms with van der Waals surface area (Å²) in [6, 6.07) is 20.0. The fourth-order valence-electron chi connectivity index (χ4n) is 3.39. The number of para-hydroxylation sites is 1. The summed E-state index contributed by atoms with van der Waals surface area (Å²) in [5, 5.41) is 4.97. The normalized spacial score (nSPS) is 11.1. The van der Waals surface area contributed by atoms with E-state index in [-0.39, 0.29) is 17.2 Å². The molecule has 1 heterocycles. The lowest BCUT2D eigenvalue weighted by Crippen LogP contribution is -2.24. The Morgan fingerprint density at radius 1 is 1.09 bits per heavy atom. The van der Waals surface area contributed by atoms with Crippen LogP contribution in [0.15, 0.2) is 81.8 Å². The van der Waals surface area contributed by atoms with Crippen LogP contribution in [0.25, 0.3) is 16.6 Å². The Hall–Kier alpha value is -4.11. The van der Waals surface area contributed by atoms with Gasteiger partial charge in [-0.05, 0) is 43.3 Å². The number of ether oxygens (including phenoxy) is 2. The van der Waals surface area contributed by atoms with Gasteiger partial charge in [-0.1, -0.05) is 41.6 Å². The number of aryl methyl sites for hydroxylation is 1. The number of rotatable bonds is 8. The second-order valence-corrected chi connectivity index (χ2v) is 8.52. The molecule has 0 radical (unpaired) electrons. The van der Waals surface area contributed by atoms with Crippen LogP contribution in [0.2, 0.25) is 0 Å². The number of benzene rings is 3. The minimum atomic E-state index is -0.336. The van der Waals surface area contributed by atoms with E-state index in [1.54, 1.807) is 50.6 Å². The van der Waals surface area contributed by atoms with Crippen LogP contribution in [0.4, 0.5) is 0 Å². The van der Waals surface area contributed by atoms with Crippen molar-refractivity contribution in [1.82, 2.24) is 15.0 Å². The minimum absolute atomic E-state index is 0.0216. The molecule has 0 unspecified atom stereocenters. The summed E-state index contributed by atoms with van der Waals surface area (Å²) in [6.45, 7) is 1.98. The monoisotopic (exact) mass is 488 g/mol. The van der Waals surface area contributed by atoms with Gasteiger partial charge in [0.2, 0.25) is 0 Å². The second kappa shape index (κ2) is 10.9. The first-order valence-electron chi connectivity index (χ1n) is 10.8. The van der Waals surface area contributed by atoms with E-state index in [9.17, 15) is 9.59 Å². The Morgan fingerprint density at radius 3 is 2.60 bits per heavy atom. The van der Waals surface area contributed by atoms with Crippen molar-refractivity contribution in [3.8, 4) is 17.2 Å². The lowest BCUT2D eigenvalue weighted by atomic mass is 10.2. The van der Waals surface area contributed by atoms with E-state index in [0.717, 1.165) is 5.56 Å². The third kappa shape index (κ3) is 5.52. The summed E-state index contributed by atoms with van der Waals surface area (Å²) in [6.07, 6.45) is 1.50. The highest BCUT2D eigenvalue weighted by Crippen LogP contribution is 2.23. The van der Waals surface area contributed by atoms with Crippen molar-refractivity contribution >= 4 is 34.8 Å². The lowest BCUT2D eigenvalue weighted by Gasteiger charge is -2.13. The van der Waals surface area contributed by atoms with Gasteiger partial charge in [0.25, 0.3) is 11.5 Å². The highest BCUT2D eigenvalue weighted by Gasteiger charge is 2.14. The number of fused-ring (bicyclic) bond motifs is 1. The molecule has 0 aliphatic carbocycles. The van der Waals surface area contributed by atoms with Gasteiger partial charge in [0.05, 0.1) is 42.8 Å². The Kier molecular flexibility index (Phi) is 7.47. The van der Waals surface area contributed by atoms with Crippen LogP contribution in [0, 0.1) is 6.92 Å². The molecule has 4 rings (SSSR count). The van der Waals surface area contributed by atoms with Crippen LogP contribution >= 0.6 is 11.8 Å². The van der Waals surface area contributed by atoms with Crippen LogP contribution < -0.4 is 20.5 Å². The number of carbonyl (C=O) groups is 1. The predicted molar refractivity (Wildman–Crippen MR) is 138 cm³/mol. The van der Waals surface area contributed by atoms with Gasteiger partial charge in [0, 0.05) is 11.6 Å². The fraction of sp³-hybridized carbons (Fsp3) is 0.154. The summed E-state index contributed by atoms with van der Waals surface area (Å²) in [5.74, 6) is 0.908. The van der Waals surface area contributed by atoms with Crippen molar-refractivity contribution in [2.45, 2.75) is 12.1 Å². The first-order valence-corrected chi connectivity index (χ1v) is 11.7. The average Bonchev–Trinajstić information content (AvgIpc) is 2.88. The van der Waals surface area contributed by atoms with Crippen LogP contribution in [0.1, 0.15) is 11.1 Å². The van der Waals surface area contributed by atoms with Gasteiger partial charge in [-0.25, -0.2) is 10.4 Å². The zero-order valence-electron chi connectivity index (χ0n) is 19.5. The Bertz CT molecular complexity index is 1450. The van der Waals surface area contributed by atoms with E-state index in [0.29, 0.717) is 38.8 Å². The number of hydrogen-bond acceptors (Lipinski definition) is 7. The summed E-state index contributed by atoms with van der Waals surface area (Å²) in [5.41, 5.74) is 5.35. The van der Waals surface area contributed by atoms with E-state index in [2.05, 4.69) is 15.5 Å². The van der Waals surface area contributed by atoms with Crippen LogP contribution in [0.3, 0.4) is 0 Å². The number of hydrogen-bond donors (Lipinski definition) is 1. The van der Waals surface area contributed by atoms with E-state index >= 15 is 0 Å². The van der Waals surface area contributed by atoms with E-state index in [4.69, 9.17) is 9.47 Å². The molecular formula is C26H24N4O4S. The van der Waals surface area contributed by atoms with Gasteiger partial charge >= 0.3 is 0 Å². The van der Waals surface area contributed by atoms with Gasteiger partial charge in [-0.3, -0.25) is 14.2 Å². The Morgan fingerprint density at radius 2 is 1.86 bits per heavy atom. The number of thioether (sulfide) groups is 1. The largest absolute Gasteiger partial charge is 0.497 e. The second-order valence-electron chi connectivity index (χ2n) is 7.58. The van der Waals surface area contributed by atoms with Crippen molar-refractivity contribution in [3.63, 3.8) is 0 Å². The highest BCUT2D eigenvalue weighted by atomic mass is 32.2. The van der Waals surface area contributed by atoms with Crippen molar-refractivity contribution < 1.29 is 14.3 Å². The molecule has 0 bridgehead atoms. The minimum Gasteiger partial charge on any atom is -0.497 e. The Balaban J connectivity index is 1.53. The molecule has 0 aliphatic rings. The highest BCUT2D eigenvalue weighted by molar-refractivity contribution is 7.99. The molecule has 0 spiro atoms. The average molecular weight is 489 g/mol. The van der Waals surface area contributed by atoms with E-state index < -0.39 is 0 Å². The number of methoxy groups -OCH3 is 2. The molecule has 4 aromatic rings. The number of aromatic nitrogens is 2. The summed E-state index contributed by atoms with van der Waals surface area (Å²) < 4.78 is 12.0. The fourth-order valence-corrected chi connectivity index (χ4v) is 4.20. The van der Waals surface area contributed by atoms with E-state index in [1.807, 2.05) is 37.3 Å². The molecule has 35 heavy (non-hydrogen) atoms. The Labute approximate surface area is 206 Å². The zero-order valence-corrected chi connectivity index (χ0v) is 20.3. The van der Waals surface area contributed by atoms with Crippen molar-refractivity contribution in [2.24, 2.45) is 5.10 Å². The van der Waals surface area contributed by atoms with Gasteiger partial charge in [0.15, 0.2) is 5.16 Å². The number of amides is 1. The lowest BCUT2D eigenvalue weighted by molar-refractivity contribution is -0.118. The molecule has 1 N–H and O–H groups in total. The van der Waals surface area contributed by atoms with E-state index in [1.165, 1.54) is 22.5 Å². The molecule has 0 saturated heterocycles. The maximum atomic E-state index is 13.3. The first kappa shape index (κ1) is 24.0. The molecule has 1 amide bonds. The maximum Gasteiger partial charge on any atom is 0.266 e. The van der Waals surface area contributed by atoms with Crippen LogP contribution in [-0.4, -0.2) is 41.6 Å². The summed E-state index contributed by atoms with van der Waals surface area (Å²) >= 11 is 1.17. The molecule has 0 aliphatic heterocycles. The molecule has 1 aromatic heterocycles. The van der Waals surface area contributed by atoms with Crippen molar-refractivity contribution in [3.05, 3.63) is 88.2 Å². The van der Waals surface area contributed by atoms with Gasteiger partial charge < -0.3 is 9.47 Å². The molecule has 0 atom stereocenters. The smallest absolute Gasteiger partial charge is 0.266 e. The number of nitrogens with one attached hydrogen (secondary N) is 1. The molecule has 178 valence electrons. The molecule has 3 aromatic carbocycles. The molecule has 0 fully saturated rings. The van der Waals surface area contributed by atoms with Crippen LogP contribution in [0.5, 0.6) is 11.5 Å². The standard InChI is InChI=1S/C26H24N4O4S/c1-17-8-11-19(12-9-17)30-25(32)21-6-4-5-7-22(21)28-26(30)35-16-24(31)29-27-15-18-10-13-20(33-2)14-23(18)34-3/h4-15H,16H2,1-3H3,(H,29,31)/b27-15-. The van der Waals surface area contributed by atoms with Gasteiger partial charge in [-0.2, -0.15) is 5.10 Å². The number of nitrogens with zero attached hydrogens (tertiary/aromatic N) is 3. The van der Waals surface area contributed by atoms with Crippen LogP contribution in [-0.2, 0) is 4.79 Å². The number of hydrazone groups is 1. The van der Waals surface area contributed by atoms with Crippen molar-refractivity contribution in [2.75, 3.05) is 20.0 Å². The third-order valence-electron chi connectivity index (χ3n) is 5.20. The first-order chi connectivity index (χ1) is 17.0.